The van der Waals surface area contributed by atoms with E-state index in [-0.39, 0.29) is 35.7 Å². The lowest BCUT2D eigenvalue weighted by Gasteiger charge is -2.28. The topological polar surface area (TPSA) is 149 Å². The van der Waals surface area contributed by atoms with Crippen molar-refractivity contribution in [3.63, 3.8) is 0 Å². The molecule has 0 unspecified atom stereocenters. The van der Waals surface area contributed by atoms with Gasteiger partial charge in [0.15, 0.2) is 11.5 Å². The lowest BCUT2D eigenvalue weighted by Crippen LogP contribution is -2.25. The van der Waals surface area contributed by atoms with Crippen molar-refractivity contribution in [3.8, 4) is 43.9 Å². The van der Waals surface area contributed by atoms with Gasteiger partial charge in [-0.3, -0.25) is 19.6 Å². The smallest absolute Gasteiger partial charge is 0.330 e. The van der Waals surface area contributed by atoms with Gasteiger partial charge >= 0.3 is 23.9 Å². The Bertz CT molecular complexity index is 2930. The van der Waals surface area contributed by atoms with Crippen LogP contribution in [-0.2, 0) is 28.7 Å². The number of thiophene rings is 2. The van der Waals surface area contributed by atoms with Gasteiger partial charge in [-0.15, -0.1) is 22.7 Å². The second-order valence-corrected chi connectivity index (χ2v) is 23.7. The molecule has 0 bridgehead atoms. The van der Waals surface area contributed by atoms with Crippen LogP contribution in [0, 0.1) is 11.8 Å². The maximum atomic E-state index is 14.5. The predicted octanol–water partition coefficient (Wildman–Crippen LogP) is 16.9. The van der Waals surface area contributed by atoms with E-state index in [0.717, 1.165) is 155 Å². The molecular formula is C68H76N2O10S2. The predicted molar refractivity (Wildman–Crippen MR) is 326 cm³/mol. The van der Waals surface area contributed by atoms with Crippen LogP contribution in [0.1, 0.15) is 151 Å². The molecule has 9 rings (SSSR count). The average molecular weight is 1150 g/mol. The Morgan fingerprint density at radius 2 is 0.793 bits per heavy atom. The van der Waals surface area contributed by atoms with Crippen LogP contribution >= 0.6 is 22.7 Å². The molecule has 2 aliphatic rings. The highest BCUT2D eigenvalue weighted by molar-refractivity contribution is 7.24. The summed E-state index contributed by atoms with van der Waals surface area (Å²) in [5, 5.41) is 1.49. The molecule has 2 aliphatic carbocycles. The Hall–Kier alpha value is -7.16. The van der Waals surface area contributed by atoms with E-state index in [4.69, 9.17) is 28.4 Å². The molecule has 14 heteroatoms. The van der Waals surface area contributed by atoms with Crippen LogP contribution in [0.25, 0.3) is 41.1 Å². The first kappa shape index (κ1) is 59.5. The molecular weight excluding hydrogens is 1070 g/mol. The number of fused-ring (bicyclic) bond motifs is 2. The number of benzene rings is 3. The highest BCUT2D eigenvalue weighted by Crippen LogP contribution is 2.53. The van der Waals surface area contributed by atoms with Gasteiger partial charge in [-0.1, -0.05) is 88.8 Å². The number of ether oxygens (including phenoxy) is 6. The molecule has 0 radical (unpaired) electrons. The van der Waals surface area contributed by atoms with E-state index in [9.17, 15) is 19.2 Å². The number of unbranched alkanes of at least 4 members (excludes halogenated alkanes) is 10. The van der Waals surface area contributed by atoms with Gasteiger partial charge in [-0.25, -0.2) is 9.59 Å². The maximum Gasteiger partial charge on any atom is 0.330 e. The average Bonchev–Trinajstić information content (AvgIpc) is 4.25. The minimum atomic E-state index is -0.363. The monoisotopic (exact) mass is 1140 g/mol. The van der Waals surface area contributed by atoms with Crippen LogP contribution < -0.4 is 18.9 Å². The van der Waals surface area contributed by atoms with Crippen LogP contribution in [0.2, 0.25) is 0 Å². The molecule has 2 fully saturated rings. The second-order valence-electron chi connectivity index (χ2n) is 21.6. The van der Waals surface area contributed by atoms with Crippen molar-refractivity contribution < 1.29 is 47.6 Å². The number of pyridine rings is 2. The van der Waals surface area contributed by atoms with Crippen molar-refractivity contribution in [1.29, 1.82) is 0 Å². The summed E-state index contributed by atoms with van der Waals surface area (Å²) in [6.45, 7) is 9.08. The Labute approximate surface area is 490 Å². The highest BCUT2D eigenvalue weighted by Gasteiger charge is 2.34. The van der Waals surface area contributed by atoms with Gasteiger partial charge in [-0.05, 0) is 172 Å². The molecule has 3 aromatic carbocycles. The van der Waals surface area contributed by atoms with Crippen molar-refractivity contribution in [2.24, 2.45) is 11.8 Å². The van der Waals surface area contributed by atoms with E-state index in [1.165, 1.54) is 46.0 Å². The summed E-state index contributed by atoms with van der Waals surface area (Å²) in [5.41, 5.74) is 4.46. The molecule has 4 heterocycles. The summed E-state index contributed by atoms with van der Waals surface area (Å²) in [5.74, 6) is 1.70. The molecule has 4 aromatic heterocycles. The van der Waals surface area contributed by atoms with E-state index in [2.05, 4.69) is 83.8 Å². The van der Waals surface area contributed by atoms with Crippen LogP contribution in [-0.4, -0.2) is 60.3 Å². The molecule has 0 atom stereocenters. The van der Waals surface area contributed by atoms with Gasteiger partial charge in [0.05, 0.1) is 47.7 Å². The summed E-state index contributed by atoms with van der Waals surface area (Å²) in [6, 6.07) is 28.9. The lowest BCUT2D eigenvalue weighted by atomic mass is 9.79. The Morgan fingerprint density at radius 3 is 1.15 bits per heavy atom. The zero-order valence-corrected chi connectivity index (χ0v) is 48.7. The molecule has 430 valence electrons. The molecule has 12 nitrogen and oxygen atoms in total. The Balaban J connectivity index is 0.816. The van der Waals surface area contributed by atoms with Crippen LogP contribution in [0.15, 0.2) is 135 Å². The van der Waals surface area contributed by atoms with Crippen molar-refractivity contribution in [1.82, 2.24) is 9.97 Å². The van der Waals surface area contributed by atoms with Gasteiger partial charge in [0, 0.05) is 57.5 Å². The van der Waals surface area contributed by atoms with Gasteiger partial charge in [0.25, 0.3) is 0 Å². The summed E-state index contributed by atoms with van der Waals surface area (Å²) < 4.78 is 37.2. The van der Waals surface area contributed by atoms with Crippen LogP contribution in [0.4, 0.5) is 0 Å². The maximum absolute atomic E-state index is 14.5. The number of carbonyl (C=O) groups excluding carboxylic acids is 4. The number of esters is 4. The Morgan fingerprint density at radius 1 is 0.451 bits per heavy atom. The van der Waals surface area contributed by atoms with Crippen molar-refractivity contribution in [2.75, 3.05) is 26.4 Å². The van der Waals surface area contributed by atoms with Crippen molar-refractivity contribution in [3.05, 3.63) is 146 Å². The quantitative estimate of drug-likeness (QED) is 0.0183. The second kappa shape index (κ2) is 30.8. The van der Waals surface area contributed by atoms with Crippen LogP contribution in [0.5, 0.6) is 23.0 Å². The summed E-state index contributed by atoms with van der Waals surface area (Å²) in [4.78, 5) is 61.9. The fourth-order valence-electron chi connectivity index (χ4n) is 11.3. The number of nitrogens with zero attached hydrogens (tertiary/aromatic N) is 2. The van der Waals surface area contributed by atoms with E-state index in [0.29, 0.717) is 75.4 Å². The standard InChI is InChI=1S/C68H76N2O10S2/c1-3-61(71)77-43-15-11-7-5-9-13-41-75-55-29-25-49(26-30-55)47-17-21-53(22-18-47)67(73)79-63-57-45-59(51-33-37-69-38-34-51)82-66(57)64(58-46-60(81-65(58)63)52-35-39-70-40-36-52)80-68(74)54-23-19-48(20-24-54)50-27-31-56(32-28-50)76-42-14-10-6-8-12-16-44-78-62(72)4-2/h3-4,25-40,45-48,53-54H,1-2,5-24,41-44H2. The Kier molecular flexibility index (Phi) is 22.3. The van der Waals surface area contributed by atoms with Crippen molar-refractivity contribution in [2.45, 2.75) is 140 Å². The number of aromatic nitrogens is 2. The normalized spacial score (nSPS) is 17.0. The molecule has 2 saturated carbocycles. The van der Waals surface area contributed by atoms with Gasteiger partial charge in [0.1, 0.15) is 11.5 Å². The summed E-state index contributed by atoms with van der Waals surface area (Å²) in [7, 11) is 0. The number of carbonyl (C=O) groups is 4. The third-order valence-corrected chi connectivity index (χ3v) is 18.3. The van der Waals surface area contributed by atoms with Crippen LogP contribution in [0.3, 0.4) is 0 Å². The summed E-state index contributed by atoms with van der Waals surface area (Å²) >= 11 is 3.07. The fraction of sp³-hybridized carbons (Fsp3) is 0.412. The summed E-state index contributed by atoms with van der Waals surface area (Å²) in [6.07, 6.45) is 28.3. The lowest BCUT2D eigenvalue weighted by molar-refractivity contribution is -0.140. The van der Waals surface area contributed by atoms with Crippen molar-refractivity contribution >= 4 is 66.7 Å². The first-order valence-electron chi connectivity index (χ1n) is 29.6. The zero-order chi connectivity index (χ0) is 56.9. The minimum absolute atomic E-state index is 0.236. The first-order valence-corrected chi connectivity index (χ1v) is 31.2. The fourth-order valence-corrected chi connectivity index (χ4v) is 13.6. The largest absolute Gasteiger partial charge is 0.494 e. The third-order valence-electron chi connectivity index (χ3n) is 16.0. The molecule has 7 aromatic rings. The first-order chi connectivity index (χ1) is 40.2. The molecule has 0 N–H and O–H groups in total. The van der Waals surface area contributed by atoms with Gasteiger partial charge in [-0.2, -0.15) is 0 Å². The van der Waals surface area contributed by atoms with Gasteiger partial charge < -0.3 is 28.4 Å². The van der Waals surface area contributed by atoms with E-state index in [1.807, 2.05) is 24.3 Å². The number of hydrogen-bond acceptors (Lipinski definition) is 14. The molecule has 0 saturated heterocycles. The van der Waals surface area contributed by atoms with E-state index in [1.54, 1.807) is 24.8 Å². The minimum Gasteiger partial charge on any atom is -0.494 e. The highest BCUT2D eigenvalue weighted by atomic mass is 32.1. The van der Waals surface area contributed by atoms with E-state index >= 15 is 0 Å². The zero-order valence-electron chi connectivity index (χ0n) is 47.0. The molecule has 0 spiro atoms. The molecule has 0 aliphatic heterocycles. The number of hydrogen-bond donors (Lipinski definition) is 0. The SMILES string of the molecule is C=CC(=O)OCCCCCCCCOc1ccc(C2CCC(C(=O)Oc3c4cc(-c5ccncc5)sc4c(OC(=O)C4CCC(c5ccc(OCCCCCCCCOC(=O)C=C)cc5)CC4)c4cc(-c5ccncc5)sc34)CC2)cc1. The van der Waals surface area contributed by atoms with E-state index < -0.39 is 0 Å². The molecule has 82 heavy (non-hydrogen) atoms. The van der Waals surface area contributed by atoms with Gasteiger partial charge in [0.2, 0.25) is 0 Å². The third kappa shape index (κ3) is 16.5. The number of rotatable bonds is 30. The molecule has 0 amide bonds.